The summed E-state index contributed by atoms with van der Waals surface area (Å²) in [6.07, 6.45) is 3.92. The van der Waals surface area contributed by atoms with Gasteiger partial charge in [-0.2, -0.15) is 0 Å². The normalized spacial score (nSPS) is 11.1. The Morgan fingerprint density at radius 3 is 2.76 bits per heavy atom. The zero-order valence-corrected chi connectivity index (χ0v) is 10.7. The Hall–Kier alpha value is -1.00. The minimum absolute atomic E-state index is 0.238. The largest absolute Gasteiger partial charge is 0.316 e. The first kappa shape index (κ1) is 14.1. The lowest BCUT2D eigenvalue weighted by Crippen LogP contribution is -2.24. The van der Waals surface area contributed by atoms with Gasteiger partial charge in [-0.15, -0.1) is 0 Å². The standard InChI is InChI=1S/C13H22FN3/c1-11(2)8-15-5-3-6-16-9-12-4-7-17-10-13(12)14/h4,7,10-11,15-16H,3,5-6,8-9H2,1-2H3. The van der Waals surface area contributed by atoms with E-state index in [1.54, 1.807) is 12.3 Å². The molecular formula is C13H22FN3. The van der Waals surface area contributed by atoms with E-state index in [1.807, 2.05) is 0 Å². The molecular weight excluding hydrogens is 217 g/mol. The maximum Gasteiger partial charge on any atom is 0.145 e. The van der Waals surface area contributed by atoms with E-state index < -0.39 is 0 Å². The van der Waals surface area contributed by atoms with Gasteiger partial charge in [-0.3, -0.25) is 4.98 Å². The molecule has 3 nitrogen and oxygen atoms in total. The number of pyridine rings is 1. The Bertz CT molecular complexity index is 315. The molecule has 0 aromatic carbocycles. The first-order chi connectivity index (χ1) is 8.20. The van der Waals surface area contributed by atoms with Gasteiger partial charge in [0.15, 0.2) is 0 Å². The average molecular weight is 239 g/mol. The van der Waals surface area contributed by atoms with Gasteiger partial charge in [0.05, 0.1) is 6.20 Å². The van der Waals surface area contributed by atoms with Crippen LogP contribution in [0.2, 0.25) is 0 Å². The lowest BCUT2D eigenvalue weighted by molar-refractivity contribution is 0.526. The molecule has 0 unspecified atom stereocenters. The molecule has 0 bridgehead atoms. The van der Waals surface area contributed by atoms with E-state index in [0.29, 0.717) is 18.0 Å². The minimum Gasteiger partial charge on any atom is -0.316 e. The second-order valence-corrected chi connectivity index (χ2v) is 4.60. The van der Waals surface area contributed by atoms with Gasteiger partial charge in [0.25, 0.3) is 0 Å². The first-order valence-corrected chi connectivity index (χ1v) is 6.20. The minimum atomic E-state index is -0.238. The Balaban J connectivity index is 2.03. The molecule has 4 heteroatoms. The predicted molar refractivity (Wildman–Crippen MR) is 68.2 cm³/mol. The molecule has 1 aromatic rings. The molecule has 0 amide bonds. The van der Waals surface area contributed by atoms with Crippen molar-refractivity contribution in [1.82, 2.24) is 15.6 Å². The van der Waals surface area contributed by atoms with Crippen LogP contribution in [0, 0.1) is 11.7 Å². The number of nitrogens with zero attached hydrogens (tertiary/aromatic N) is 1. The van der Waals surface area contributed by atoms with Crippen LogP contribution in [0.25, 0.3) is 0 Å². The summed E-state index contributed by atoms with van der Waals surface area (Å²) < 4.78 is 13.2. The molecule has 0 saturated heterocycles. The van der Waals surface area contributed by atoms with E-state index in [0.717, 1.165) is 26.1 Å². The fourth-order valence-electron chi connectivity index (χ4n) is 1.50. The fourth-order valence-corrected chi connectivity index (χ4v) is 1.50. The van der Waals surface area contributed by atoms with Gasteiger partial charge in [-0.25, -0.2) is 4.39 Å². The number of rotatable bonds is 8. The molecule has 0 aliphatic rings. The van der Waals surface area contributed by atoms with E-state index in [2.05, 4.69) is 29.5 Å². The predicted octanol–water partition coefficient (Wildman–Crippen LogP) is 1.95. The lowest BCUT2D eigenvalue weighted by Gasteiger charge is -2.08. The third-order valence-electron chi connectivity index (χ3n) is 2.43. The molecule has 0 aliphatic carbocycles. The molecule has 0 aliphatic heterocycles. The lowest BCUT2D eigenvalue weighted by atomic mass is 10.2. The zero-order chi connectivity index (χ0) is 12.5. The third kappa shape index (κ3) is 6.34. The van der Waals surface area contributed by atoms with Crippen LogP contribution >= 0.6 is 0 Å². The van der Waals surface area contributed by atoms with E-state index in [9.17, 15) is 4.39 Å². The fraction of sp³-hybridized carbons (Fsp3) is 0.615. The maximum atomic E-state index is 13.2. The van der Waals surface area contributed by atoms with Crippen molar-refractivity contribution in [3.8, 4) is 0 Å². The Morgan fingerprint density at radius 1 is 1.29 bits per heavy atom. The van der Waals surface area contributed by atoms with Gasteiger partial charge in [0.2, 0.25) is 0 Å². The van der Waals surface area contributed by atoms with Crippen molar-refractivity contribution in [1.29, 1.82) is 0 Å². The second-order valence-electron chi connectivity index (χ2n) is 4.60. The Labute approximate surface area is 103 Å². The van der Waals surface area contributed by atoms with Gasteiger partial charge in [0.1, 0.15) is 5.82 Å². The van der Waals surface area contributed by atoms with Crippen LogP contribution in [0.5, 0.6) is 0 Å². The number of hydrogen-bond donors (Lipinski definition) is 2. The number of nitrogens with one attached hydrogen (secondary N) is 2. The summed E-state index contributed by atoms with van der Waals surface area (Å²) in [5.74, 6) is 0.451. The molecule has 2 N–H and O–H groups in total. The van der Waals surface area contributed by atoms with Gasteiger partial charge < -0.3 is 10.6 Å². The highest BCUT2D eigenvalue weighted by atomic mass is 19.1. The van der Waals surface area contributed by atoms with Crippen LogP contribution in [-0.4, -0.2) is 24.6 Å². The highest BCUT2D eigenvalue weighted by Crippen LogP contribution is 2.03. The van der Waals surface area contributed by atoms with Crippen LogP contribution in [0.3, 0.4) is 0 Å². The third-order valence-corrected chi connectivity index (χ3v) is 2.43. The molecule has 0 spiro atoms. The summed E-state index contributed by atoms with van der Waals surface area (Å²) in [5, 5.41) is 6.59. The average Bonchev–Trinajstić information content (AvgIpc) is 2.30. The Kier molecular flexibility index (Phi) is 6.74. The van der Waals surface area contributed by atoms with Crippen LogP contribution in [0.15, 0.2) is 18.5 Å². The number of hydrogen-bond acceptors (Lipinski definition) is 3. The zero-order valence-electron chi connectivity index (χ0n) is 10.7. The van der Waals surface area contributed by atoms with Crippen molar-refractivity contribution in [3.63, 3.8) is 0 Å². The summed E-state index contributed by atoms with van der Waals surface area (Å²) in [7, 11) is 0. The molecule has 0 radical (unpaired) electrons. The van der Waals surface area contributed by atoms with Gasteiger partial charge in [0, 0.05) is 18.3 Å². The summed E-state index contributed by atoms with van der Waals surface area (Å²) in [6.45, 7) is 7.91. The highest BCUT2D eigenvalue weighted by molar-refractivity contribution is 5.11. The topological polar surface area (TPSA) is 37.0 Å². The van der Waals surface area contributed by atoms with E-state index in [1.165, 1.54) is 6.20 Å². The van der Waals surface area contributed by atoms with Crippen molar-refractivity contribution in [2.24, 2.45) is 5.92 Å². The summed E-state index contributed by atoms with van der Waals surface area (Å²) in [6, 6.07) is 1.71. The number of aromatic nitrogens is 1. The summed E-state index contributed by atoms with van der Waals surface area (Å²) in [4.78, 5) is 3.72. The van der Waals surface area contributed by atoms with E-state index in [-0.39, 0.29) is 5.82 Å². The molecule has 1 aromatic heterocycles. The van der Waals surface area contributed by atoms with Crippen molar-refractivity contribution in [2.75, 3.05) is 19.6 Å². The monoisotopic (exact) mass is 239 g/mol. The first-order valence-electron chi connectivity index (χ1n) is 6.20. The Morgan fingerprint density at radius 2 is 2.06 bits per heavy atom. The van der Waals surface area contributed by atoms with E-state index >= 15 is 0 Å². The summed E-state index contributed by atoms with van der Waals surface area (Å²) >= 11 is 0. The maximum absolute atomic E-state index is 13.2. The molecule has 96 valence electrons. The molecule has 1 heterocycles. The molecule has 0 saturated carbocycles. The second kappa shape index (κ2) is 8.14. The van der Waals surface area contributed by atoms with Crippen LogP contribution < -0.4 is 10.6 Å². The van der Waals surface area contributed by atoms with Gasteiger partial charge >= 0.3 is 0 Å². The molecule has 1 rings (SSSR count). The summed E-state index contributed by atoms with van der Waals surface area (Å²) in [5.41, 5.74) is 0.676. The number of halogens is 1. The van der Waals surface area contributed by atoms with Gasteiger partial charge in [-0.1, -0.05) is 13.8 Å². The van der Waals surface area contributed by atoms with E-state index in [4.69, 9.17) is 0 Å². The quantitative estimate of drug-likeness (QED) is 0.681. The van der Waals surface area contributed by atoms with Gasteiger partial charge in [-0.05, 0) is 38.0 Å². The van der Waals surface area contributed by atoms with Crippen LogP contribution in [0.4, 0.5) is 4.39 Å². The van der Waals surface area contributed by atoms with Crippen molar-refractivity contribution >= 4 is 0 Å². The highest BCUT2D eigenvalue weighted by Gasteiger charge is 1.99. The van der Waals surface area contributed by atoms with Crippen molar-refractivity contribution in [2.45, 2.75) is 26.8 Å². The van der Waals surface area contributed by atoms with Crippen LogP contribution in [0.1, 0.15) is 25.8 Å². The molecule has 0 atom stereocenters. The smallest absolute Gasteiger partial charge is 0.145 e. The van der Waals surface area contributed by atoms with Crippen molar-refractivity contribution < 1.29 is 4.39 Å². The van der Waals surface area contributed by atoms with Crippen LogP contribution in [-0.2, 0) is 6.54 Å². The van der Waals surface area contributed by atoms with Crippen molar-refractivity contribution in [3.05, 3.63) is 29.8 Å². The molecule has 0 fully saturated rings. The SMILES string of the molecule is CC(C)CNCCCNCc1ccncc1F. The molecule has 17 heavy (non-hydrogen) atoms.